The van der Waals surface area contributed by atoms with Crippen LogP contribution in [0.1, 0.15) is 19.3 Å². The Bertz CT molecular complexity index is 677. The van der Waals surface area contributed by atoms with Crippen molar-refractivity contribution in [1.29, 1.82) is 0 Å². The van der Waals surface area contributed by atoms with Crippen LogP contribution in [0.25, 0.3) is 0 Å². The van der Waals surface area contributed by atoms with E-state index in [0.717, 1.165) is 0 Å². The van der Waals surface area contributed by atoms with Gasteiger partial charge in [-0.25, -0.2) is 4.79 Å². The largest absolute Gasteiger partial charge is 0.481 e. The number of carboxylic acids is 2. The van der Waals surface area contributed by atoms with Crippen molar-refractivity contribution in [1.82, 2.24) is 16.0 Å². The van der Waals surface area contributed by atoms with Gasteiger partial charge in [-0.1, -0.05) is 0 Å². The Kier molecular flexibility index (Phi) is 12.5. The predicted octanol–water partition coefficient (Wildman–Crippen LogP) is -3.55. The summed E-state index contributed by atoms with van der Waals surface area (Å²) in [5.74, 6) is -6.73. The molecule has 170 valence electrons. The van der Waals surface area contributed by atoms with Crippen LogP contribution < -0.4 is 27.4 Å². The fourth-order valence-electron chi connectivity index (χ4n) is 2.04. The third kappa shape index (κ3) is 10.3. The molecule has 4 unspecified atom stereocenters. The lowest BCUT2D eigenvalue weighted by atomic mass is 10.1. The molecule has 0 aromatic carbocycles. The lowest BCUT2D eigenvalue weighted by Crippen LogP contribution is -2.58. The Morgan fingerprint density at radius 3 is 1.73 bits per heavy atom. The van der Waals surface area contributed by atoms with Crippen LogP contribution in [0, 0.1) is 0 Å². The zero-order chi connectivity index (χ0) is 23.4. The summed E-state index contributed by atoms with van der Waals surface area (Å²) in [7, 11) is 0. The average molecular weight is 468 g/mol. The Morgan fingerprint density at radius 1 is 0.800 bits per heavy atom. The van der Waals surface area contributed by atoms with Crippen LogP contribution >= 0.6 is 25.3 Å². The van der Waals surface area contributed by atoms with Crippen molar-refractivity contribution in [2.24, 2.45) is 11.5 Å². The summed E-state index contributed by atoms with van der Waals surface area (Å²) in [5, 5.41) is 24.3. The van der Waals surface area contributed by atoms with Crippen molar-refractivity contribution in [2.45, 2.75) is 43.4 Å². The third-order valence-electron chi connectivity index (χ3n) is 3.65. The smallest absolute Gasteiger partial charge is 0.327 e. The van der Waals surface area contributed by atoms with Gasteiger partial charge in [-0.05, 0) is 6.42 Å². The van der Waals surface area contributed by atoms with E-state index in [0.29, 0.717) is 0 Å². The second kappa shape index (κ2) is 13.7. The van der Waals surface area contributed by atoms with E-state index in [9.17, 15) is 28.8 Å². The van der Waals surface area contributed by atoms with Crippen molar-refractivity contribution in [2.75, 3.05) is 11.5 Å². The zero-order valence-corrected chi connectivity index (χ0v) is 17.5. The molecule has 0 spiro atoms. The van der Waals surface area contributed by atoms with E-state index in [-0.39, 0.29) is 17.9 Å². The molecule has 9 N–H and O–H groups in total. The molecule has 0 fully saturated rings. The van der Waals surface area contributed by atoms with Crippen molar-refractivity contribution in [3.05, 3.63) is 0 Å². The standard InChI is InChI=1S/C15H25N5O8S2/c16-6(4-29)12(24)18-7(1-2-11(22)23)13(25)19-8(3-10(17)21)14(26)20-9(5-30)15(27)28/h6-9,29-30H,1-5,16H2,(H2,17,21)(H,18,24)(H,19,25)(H,20,26)(H,22,23)(H,27,28). The number of aliphatic carboxylic acids is 2. The van der Waals surface area contributed by atoms with Gasteiger partial charge < -0.3 is 37.6 Å². The van der Waals surface area contributed by atoms with Crippen LogP contribution in [0.3, 0.4) is 0 Å². The number of thiol groups is 2. The first kappa shape index (κ1) is 27.5. The van der Waals surface area contributed by atoms with Crippen molar-refractivity contribution in [3.63, 3.8) is 0 Å². The van der Waals surface area contributed by atoms with Crippen molar-refractivity contribution in [3.8, 4) is 0 Å². The van der Waals surface area contributed by atoms with E-state index in [4.69, 9.17) is 21.7 Å². The molecule has 4 atom stereocenters. The molecule has 13 nitrogen and oxygen atoms in total. The number of hydrogen-bond donors (Lipinski definition) is 9. The zero-order valence-electron chi connectivity index (χ0n) is 15.7. The number of amides is 4. The molecule has 0 aromatic rings. The summed E-state index contributed by atoms with van der Waals surface area (Å²) in [6.45, 7) is 0. The second-order valence-corrected chi connectivity index (χ2v) is 6.83. The quantitative estimate of drug-likeness (QED) is 0.115. The summed E-state index contributed by atoms with van der Waals surface area (Å²) in [6.07, 6.45) is -1.51. The van der Waals surface area contributed by atoms with E-state index in [2.05, 4.69) is 41.2 Å². The van der Waals surface area contributed by atoms with E-state index >= 15 is 0 Å². The van der Waals surface area contributed by atoms with E-state index in [1.807, 2.05) is 0 Å². The molecule has 4 amide bonds. The fraction of sp³-hybridized carbons (Fsp3) is 0.600. The molecule has 30 heavy (non-hydrogen) atoms. The molecule has 0 aliphatic rings. The van der Waals surface area contributed by atoms with Gasteiger partial charge in [-0.2, -0.15) is 25.3 Å². The molecule has 0 aromatic heterocycles. The predicted molar refractivity (Wildman–Crippen MR) is 110 cm³/mol. The molecule has 0 saturated carbocycles. The molecular formula is C15H25N5O8S2. The maximum atomic E-state index is 12.5. The number of carboxylic acid groups (broad SMARTS) is 2. The fourth-order valence-corrected chi connectivity index (χ4v) is 2.45. The number of carbonyl (C=O) groups excluding carboxylic acids is 4. The van der Waals surface area contributed by atoms with Crippen LogP contribution in [0.4, 0.5) is 0 Å². The van der Waals surface area contributed by atoms with Gasteiger partial charge in [0.05, 0.1) is 12.5 Å². The summed E-state index contributed by atoms with van der Waals surface area (Å²) in [4.78, 5) is 69.9. The summed E-state index contributed by atoms with van der Waals surface area (Å²) in [5.41, 5.74) is 10.6. The lowest BCUT2D eigenvalue weighted by molar-refractivity contribution is -0.141. The highest BCUT2D eigenvalue weighted by Crippen LogP contribution is 2.03. The van der Waals surface area contributed by atoms with E-state index in [1.165, 1.54) is 0 Å². The average Bonchev–Trinajstić information content (AvgIpc) is 2.66. The van der Waals surface area contributed by atoms with Gasteiger partial charge in [0.1, 0.15) is 18.1 Å². The maximum absolute atomic E-state index is 12.5. The van der Waals surface area contributed by atoms with Crippen LogP contribution in [0.15, 0.2) is 0 Å². The maximum Gasteiger partial charge on any atom is 0.327 e. The van der Waals surface area contributed by atoms with Gasteiger partial charge >= 0.3 is 11.9 Å². The summed E-state index contributed by atoms with van der Waals surface area (Å²) in [6, 6.07) is -5.45. The molecule has 0 heterocycles. The molecule has 0 saturated heterocycles. The van der Waals surface area contributed by atoms with Gasteiger partial charge in [-0.15, -0.1) is 0 Å². The van der Waals surface area contributed by atoms with Gasteiger partial charge in [-0.3, -0.25) is 24.0 Å². The summed E-state index contributed by atoms with van der Waals surface area (Å²) < 4.78 is 0. The first-order chi connectivity index (χ1) is 13.9. The van der Waals surface area contributed by atoms with E-state index < -0.39 is 72.6 Å². The highest BCUT2D eigenvalue weighted by Gasteiger charge is 2.31. The van der Waals surface area contributed by atoms with E-state index in [1.54, 1.807) is 0 Å². The minimum atomic E-state index is -1.57. The first-order valence-electron chi connectivity index (χ1n) is 8.54. The first-order valence-corrected chi connectivity index (χ1v) is 9.80. The second-order valence-electron chi connectivity index (χ2n) is 6.10. The minimum absolute atomic E-state index is 0.0495. The molecule has 0 radical (unpaired) electrons. The number of nitrogens with two attached hydrogens (primary N) is 2. The molecule has 0 rings (SSSR count). The highest BCUT2D eigenvalue weighted by molar-refractivity contribution is 7.80. The Labute approximate surface area is 182 Å². The SMILES string of the molecule is NC(=O)CC(NC(=O)C(CCC(=O)O)NC(=O)C(N)CS)C(=O)NC(CS)C(=O)O. The van der Waals surface area contributed by atoms with Crippen molar-refractivity contribution < 1.29 is 39.0 Å². The summed E-state index contributed by atoms with van der Waals surface area (Å²) >= 11 is 7.64. The highest BCUT2D eigenvalue weighted by atomic mass is 32.1. The van der Waals surface area contributed by atoms with Crippen LogP contribution in [0.2, 0.25) is 0 Å². The number of rotatable bonds is 14. The number of primary amides is 1. The van der Waals surface area contributed by atoms with Gasteiger partial charge in [0.15, 0.2) is 0 Å². The molecule has 0 bridgehead atoms. The van der Waals surface area contributed by atoms with Gasteiger partial charge in [0.2, 0.25) is 23.6 Å². The Balaban J connectivity index is 5.44. The molecular weight excluding hydrogens is 442 g/mol. The van der Waals surface area contributed by atoms with Gasteiger partial charge in [0, 0.05) is 17.9 Å². The normalized spacial score (nSPS) is 14.5. The van der Waals surface area contributed by atoms with Crippen LogP contribution in [-0.4, -0.2) is 81.5 Å². The lowest BCUT2D eigenvalue weighted by Gasteiger charge is -2.24. The van der Waals surface area contributed by atoms with Crippen molar-refractivity contribution >= 4 is 60.8 Å². The van der Waals surface area contributed by atoms with Crippen LogP contribution in [0.5, 0.6) is 0 Å². The molecule has 15 heteroatoms. The minimum Gasteiger partial charge on any atom is -0.481 e. The molecule has 0 aliphatic carbocycles. The Morgan fingerprint density at radius 2 is 1.30 bits per heavy atom. The number of hydrogen-bond acceptors (Lipinski definition) is 9. The number of carbonyl (C=O) groups is 6. The topological polar surface area (TPSA) is 231 Å². The third-order valence-corrected chi connectivity index (χ3v) is 4.41. The van der Waals surface area contributed by atoms with Gasteiger partial charge in [0.25, 0.3) is 0 Å². The molecule has 0 aliphatic heterocycles. The monoisotopic (exact) mass is 467 g/mol. The van der Waals surface area contributed by atoms with Crippen LogP contribution in [-0.2, 0) is 28.8 Å². The number of nitrogens with one attached hydrogen (secondary N) is 3. The Hall–Kier alpha value is -2.52.